The van der Waals surface area contributed by atoms with Crippen molar-refractivity contribution < 1.29 is 9.59 Å². The molecule has 2 amide bonds. The SMILES string of the molecule is CNC(=O)c1ccccc1-c1ccc2c(c1)CN(C(C)=O)c1ccc(Cl)cc1C=C2. The predicted octanol–water partition coefficient (Wildman–Crippen LogP) is 5.40. The lowest BCUT2D eigenvalue weighted by Crippen LogP contribution is -2.29. The van der Waals surface area contributed by atoms with E-state index >= 15 is 0 Å². The molecule has 5 heteroatoms. The normalized spacial score (nSPS) is 12.4. The molecule has 0 aromatic heterocycles. The van der Waals surface area contributed by atoms with Gasteiger partial charge in [-0.05, 0) is 58.1 Å². The van der Waals surface area contributed by atoms with Crippen molar-refractivity contribution in [1.82, 2.24) is 5.32 Å². The number of amides is 2. The molecule has 4 nitrogen and oxygen atoms in total. The van der Waals surface area contributed by atoms with Crippen molar-refractivity contribution >= 4 is 41.3 Å². The van der Waals surface area contributed by atoms with Gasteiger partial charge in [-0.25, -0.2) is 0 Å². The Hall–Kier alpha value is -3.37. The number of halogens is 1. The van der Waals surface area contributed by atoms with Crippen LogP contribution in [0.4, 0.5) is 5.69 Å². The molecule has 0 bridgehead atoms. The fourth-order valence-electron chi connectivity index (χ4n) is 3.76. The second-order valence-corrected chi connectivity index (χ2v) is 7.62. The highest BCUT2D eigenvalue weighted by atomic mass is 35.5. The van der Waals surface area contributed by atoms with Crippen LogP contribution >= 0.6 is 11.6 Å². The van der Waals surface area contributed by atoms with Crippen LogP contribution in [0.3, 0.4) is 0 Å². The lowest BCUT2D eigenvalue weighted by atomic mass is 9.93. The monoisotopic (exact) mass is 416 g/mol. The number of nitrogens with zero attached hydrogens (tertiary/aromatic N) is 1. The minimum atomic E-state index is -0.131. The molecule has 150 valence electrons. The van der Waals surface area contributed by atoms with Gasteiger partial charge in [-0.3, -0.25) is 9.59 Å². The number of nitrogens with one attached hydrogen (secondary N) is 1. The molecule has 0 aliphatic carbocycles. The van der Waals surface area contributed by atoms with Crippen molar-refractivity contribution in [2.75, 3.05) is 11.9 Å². The molecule has 1 N–H and O–H groups in total. The van der Waals surface area contributed by atoms with Crippen molar-refractivity contribution in [3.05, 3.63) is 87.9 Å². The van der Waals surface area contributed by atoms with E-state index in [2.05, 4.69) is 11.4 Å². The molecule has 0 radical (unpaired) electrons. The maximum Gasteiger partial charge on any atom is 0.251 e. The first-order chi connectivity index (χ1) is 14.5. The molecule has 0 spiro atoms. The number of hydrogen-bond acceptors (Lipinski definition) is 2. The Morgan fingerprint density at radius 3 is 2.50 bits per heavy atom. The third kappa shape index (κ3) is 3.74. The number of benzene rings is 3. The zero-order valence-electron chi connectivity index (χ0n) is 16.8. The molecule has 4 rings (SSSR count). The minimum absolute atomic E-state index is 0.0454. The summed E-state index contributed by atoms with van der Waals surface area (Å²) in [6, 6.07) is 19.1. The van der Waals surface area contributed by atoms with Crippen LogP contribution in [0, 0.1) is 0 Å². The van der Waals surface area contributed by atoms with Gasteiger partial charge in [0.25, 0.3) is 5.91 Å². The van der Waals surface area contributed by atoms with Gasteiger partial charge in [-0.1, -0.05) is 54.1 Å². The topological polar surface area (TPSA) is 49.4 Å². The molecular formula is C25H21ClN2O2. The second-order valence-electron chi connectivity index (χ2n) is 7.18. The summed E-state index contributed by atoms with van der Waals surface area (Å²) in [5, 5.41) is 3.32. The Balaban J connectivity index is 1.84. The summed E-state index contributed by atoms with van der Waals surface area (Å²) in [4.78, 5) is 26.5. The van der Waals surface area contributed by atoms with E-state index in [9.17, 15) is 9.59 Å². The van der Waals surface area contributed by atoms with Crippen molar-refractivity contribution in [1.29, 1.82) is 0 Å². The molecule has 3 aromatic rings. The van der Waals surface area contributed by atoms with Crippen LogP contribution < -0.4 is 10.2 Å². The molecule has 0 unspecified atom stereocenters. The third-order valence-corrected chi connectivity index (χ3v) is 5.52. The number of carbonyl (C=O) groups is 2. The highest BCUT2D eigenvalue weighted by molar-refractivity contribution is 6.30. The van der Waals surface area contributed by atoms with Crippen LogP contribution in [-0.4, -0.2) is 18.9 Å². The van der Waals surface area contributed by atoms with Crippen LogP contribution in [0.2, 0.25) is 5.02 Å². The molecule has 30 heavy (non-hydrogen) atoms. The van der Waals surface area contributed by atoms with Gasteiger partial charge < -0.3 is 10.2 Å². The van der Waals surface area contributed by atoms with Crippen LogP contribution in [0.15, 0.2) is 60.7 Å². The quantitative estimate of drug-likeness (QED) is 0.607. The number of carbonyl (C=O) groups excluding carboxylic acids is 2. The van der Waals surface area contributed by atoms with Crippen LogP contribution in [0.5, 0.6) is 0 Å². The van der Waals surface area contributed by atoms with E-state index in [1.807, 2.05) is 60.7 Å². The molecular weight excluding hydrogens is 396 g/mol. The number of hydrogen-bond donors (Lipinski definition) is 1. The molecule has 0 fully saturated rings. The summed E-state index contributed by atoms with van der Waals surface area (Å²) in [7, 11) is 1.62. The Morgan fingerprint density at radius 2 is 1.73 bits per heavy atom. The van der Waals surface area contributed by atoms with Gasteiger partial charge in [0.05, 0.1) is 12.2 Å². The van der Waals surface area contributed by atoms with E-state index in [1.54, 1.807) is 24.9 Å². The average molecular weight is 417 g/mol. The molecule has 1 heterocycles. The zero-order chi connectivity index (χ0) is 21.3. The van der Waals surface area contributed by atoms with E-state index in [1.165, 1.54) is 0 Å². The maximum absolute atomic E-state index is 12.5. The number of fused-ring (bicyclic) bond motifs is 2. The van der Waals surface area contributed by atoms with E-state index in [4.69, 9.17) is 11.6 Å². The highest BCUT2D eigenvalue weighted by Gasteiger charge is 2.20. The van der Waals surface area contributed by atoms with Crippen molar-refractivity contribution in [2.45, 2.75) is 13.5 Å². The lowest BCUT2D eigenvalue weighted by molar-refractivity contribution is -0.116. The lowest BCUT2D eigenvalue weighted by Gasteiger charge is -2.26. The average Bonchev–Trinajstić information content (AvgIpc) is 2.74. The zero-order valence-corrected chi connectivity index (χ0v) is 17.5. The maximum atomic E-state index is 12.5. The summed E-state index contributed by atoms with van der Waals surface area (Å²) in [5.74, 6) is -0.176. The Labute approximate surface area is 180 Å². The number of anilines is 1. The molecule has 3 aromatic carbocycles. The van der Waals surface area contributed by atoms with Gasteiger partial charge >= 0.3 is 0 Å². The van der Waals surface area contributed by atoms with Gasteiger partial charge in [0.1, 0.15) is 0 Å². The molecule has 0 atom stereocenters. The smallest absolute Gasteiger partial charge is 0.251 e. The predicted molar refractivity (Wildman–Crippen MR) is 123 cm³/mol. The molecule has 1 aliphatic rings. The van der Waals surface area contributed by atoms with Gasteiger partial charge in [0.2, 0.25) is 5.91 Å². The summed E-state index contributed by atoms with van der Waals surface area (Å²) in [6.45, 7) is 1.99. The first kappa shape index (κ1) is 19.9. The van der Waals surface area contributed by atoms with Gasteiger partial charge in [0, 0.05) is 24.6 Å². The van der Waals surface area contributed by atoms with E-state index < -0.39 is 0 Å². The first-order valence-corrected chi connectivity index (χ1v) is 10.1. The van der Waals surface area contributed by atoms with E-state index in [-0.39, 0.29) is 11.8 Å². The summed E-state index contributed by atoms with van der Waals surface area (Å²) in [5.41, 5.74) is 6.15. The molecule has 0 saturated heterocycles. The Bertz CT molecular complexity index is 1180. The van der Waals surface area contributed by atoms with Crippen molar-refractivity contribution in [3.8, 4) is 11.1 Å². The first-order valence-electron chi connectivity index (χ1n) is 9.68. The second kappa shape index (κ2) is 8.17. The van der Waals surface area contributed by atoms with Crippen molar-refractivity contribution in [2.24, 2.45) is 0 Å². The molecule has 0 saturated carbocycles. The fraction of sp³-hybridized carbons (Fsp3) is 0.120. The van der Waals surface area contributed by atoms with E-state index in [0.29, 0.717) is 17.1 Å². The standard InChI is InChI=1S/C25H21ClN2O2/c1-16(29)28-15-20-13-18(22-5-3-4-6-23(22)25(30)27-2)9-7-17(20)8-10-19-14-21(26)11-12-24(19)28/h3-14H,15H2,1-2H3,(H,27,30). The summed E-state index contributed by atoms with van der Waals surface area (Å²) in [6.07, 6.45) is 4.02. The fourth-order valence-corrected chi connectivity index (χ4v) is 3.94. The Morgan fingerprint density at radius 1 is 0.967 bits per heavy atom. The minimum Gasteiger partial charge on any atom is -0.355 e. The van der Waals surface area contributed by atoms with Crippen LogP contribution in [0.1, 0.15) is 34.0 Å². The van der Waals surface area contributed by atoms with Gasteiger partial charge in [0.15, 0.2) is 0 Å². The number of rotatable bonds is 2. The van der Waals surface area contributed by atoms with Crippen LogP contribution in [-0.2, 0) is 11.3 Å². The largest absolute Gasteiger partial charge is 0.355 e. The summed E-state index contributed by atoms with van der Waals surface area (Å²) < 4.78 is 0. The third-order valence-electron chi connectivity index (χ3n) is 5.28. The van der Waals surface area contributed by atoms with E-state index in [0.717, 1.165) is 33.5 Å². The van der Waals surface area contributed by atoms with Crippen LogP contribution in [0.25, 0.3) is 23.3 Å². The highest BCUT2D eigenvalue weighted by Crippen LogP contribution is 2.33. The van der Waals surface area contributed by atoms with Gasteiger partial charge in [-0.15, -0.1) is 0 Å². The van der Waals surface area contributed by atoms with Gasteiger partial charge in [-0.2, -0.15) is 0 Å². The Kier molecular flexibility index (Phi) is 5.42. The van der Waals surface area contributed by atoms with Crippen molar-refractivity contribution in [3.63, 3.8) is 0 Å². The summed E-state index contributed by atoms with van der Waals surface area (Å²) >= 11 is 6.17. The molecule has 1 aliphatic heterocycles.